The third-order valence-corrected chi connectivity index (χ3v) is 3.83. The highest BCUT2D eigenvalue weighted by Crippen LogP contribution is 2.32. The fourth-order valence-electron chi connectivity index (χ4n) is 2.09. The first-order valence-electron chi connectivity index (χ1n) is 6.11. The van der Waals surface area contributed by atoms with Crippen molar-refractivity contribution >= 4 is 15.9 Å². The van der Waals surface area contributed by atoms with Crippen molar-refractivity contribution in [2.45, 2.75) is 12.0 Å². The second kappa shape index (κ2) is 6.43. The summed E-state index contributed by atoms with van der Waals surface area (Å²) >= 11 is 3.08. The number of hydrogen-bond acceptors (Lipinski definition) is 2. The Balaban J connectivity index is 2.30. The SMILES string of the molecule is NCC(c1ccc(F)cc1)C(O)c1ccc(F)c(Br)c1. The molecular formula is C15H14BrF2NO. The maximum Gasteiger partial charge on any atom is 0.137 e. The summed E-state index contributed by atoms with van der Waals surface area (Å²) in [6.07, 6.45) is -0.887. The Labute approximate surface area is 124 Å². The van der Waals surface area contributed by atoms with Crippen LogP contribution in [-0.4, -0.2) is 11.7 Å². The number of halogens is 3. The van der Waals surface area contributed by atoms with E-state index in [-0.39, 0.29) is 22.8 Å². The summed E-state index contributed by atoms with van der Waals surface area (Å²) in [5, 5.41) is 10.4. The van der Waals surface area contributed by atoms with Crippen molar-refractivity contribution in [2.75, 3.05) is 6.54 Å². The zero-order valence-electron chi connectivity index (χ0n) is 10.6. The lowest BCUT2D eigenvalue weighted by molar-refractivity contribution is 0.147. The number of aliphatic hydroxyl groups excluding tert-OH is 1. The maximum atomic E-state index is 13.2. The van der Waals surface area contributed by atoms with Crippen molar-refractivity contribution in [1.82, 2.24) is 0 Å². The molecule has 2 aromatic rings. The van der Waals surface area contributed by atoms with Crippen LogP contribution in [-0.2, 0) is 0 Å². The lowest BCUT2D eigenvalue weighted by Gasteiger charge is -2.22. The Morgan fingerprint density at radius 2 is 1.65 bits per heavy atom. The van der Waals surface area contributed by atoms with Crippen molar-refractivity contribution < 1.29 is 13.9 Å². The first-order chi connectivity index (χ1) is 9.52. The molecule has 0 heterocycles. The van der Waals surface area contributed by atoms with Crippen LogP contribution in [0.25, 0.3) is 0 Å². The third-order valence-electron chi connectivity index (χ3n) is 3.22. The van der Waals surface area contributed by atoms with Crippen molar-refractivity contribution in [1.29, 1.82) is 0 Å². The Bertz CT molecular complexity index is 589. The molecule has 0 aliphatic heterocycles. The predicted octanol–water partition coefficient (Wildman–Crippen LogP) is 3.50. The molecule has 2 rings (SSSR count). The summed E-state index contributed by atoms with van der Waals surface area (Å²) in [5.74, 6) is -1.12. The van der Waals surface area contributed by atoms with Crippen LogP contribution in [0.15, 0.2) is 46.9 Å². The van der Waals surface area contributed by atoms with Crippen LogP contribution in [0.5, 0.6) is 0 Å². The first kappa shape index (κ1) is 15.1. The van der Waals surface area contributed by atoms with Crippen molar-refractivity contribution in [3.8, 4) is 0 Å². The zero-order chi connectivity index (χ0) is 14.7. The second-order valence-corrected chi connectivity index (χ2v) is 5.37. The quantitative estimate of drug-likeness (QED) is 0.893. The number of rotatable bonds is 4. The molecule has 0 aliphatic carbocycles. The topological polar surface area (TPSA) is 46.2 Å². The molecule has 2 nitrogen and oxygen atoms in total. The van der Waals surface area contributed by atoms with Gasteiger partial charge in [-0.2, -0.15) is 0 Å². The molecule has 2 unspecified atom stereocenters. The van der Waals surface area contributed by atoms with Gasteiger partial charge in [0, 0.05) is 12.5 Å². The number of benzene rings is 2. The van der Waals surface area contributed by atoms with Crippen LogP contribution in [0.1, 0.15) is 23.1 Å². The van der Waals surface area contributed by atoms with E-state index in [1.165, 1.54) is 30.3 Å². The van der Waals surface area contributed by atoms with E-state index in [4.69, 9.17) is 5.73 Å². The minimum atomic E-state index is -0.887. The van der Waals surface area contributed by atoms with Crippen LogP contribution in [0.2, 0.25) is 0 Å². The molecule has 0 aliphatic rings. The molecule has 106 valence electrons. The van der Waals surface area contributed by atoms with E-state index in [0.717, 1.165) is 5.56 Å². The van der Waals surface area contributed by atoms with Crippen LogP contribution >= 0.6 is 15.9 Å². The van der Waals surface area contributed by atoms with Crippen molar-refractivity contribution in [2.24, 2.45) is 5.73 Å². The summed E-state index contributed by atoms with van der Waals surface area (Å²) in [6, 6.07) is 10.1. The van der Waals surface area contributed by atoms with E-state index >= 15 is 0 Å². The molecule has 0 saturated heterocycles. The van der Waals surface area contributed by atoms with E-state index in [0.29, 0.717) is 5.56 Å². The van der Waals surface area contributed by atoms with E-state index in [9.17, 15) is 13.9 Å². The molecule has 0 fully saturated rings. The molecule has 0 bridgehead atoms. The molecular weight excluding hydrogens is 328 g/mol. The molecule has 20 heavy (non-hydrogen) atoms. The maximum absolute atomic E-state index is 13.2. The molecule has 5 heteroatoms. The van der Waals surface area contributed by atoms with Gasteiger partial charge in [0.15, 0.2) is 0 Å². The normalized spacial score (nSPS) is 14.1. The third kappa shape index (κ3) is 3.23. The minimum absolute atomic E-state index is 0.196. The van der Waals surface area contributed by atoms with Gasteiger partial charge in [-0.05, 0) is 51.3 Å². The van der Waals surface area contributed by atoms with E-state index in [1.54, 1.807) is 12.1 Å². The van der Waals surface area contributed by atoms with Gasteiger partial charge >= 0.3 is 0 Å². The largest absolute Gasteiger partial charge is 0.388 e. The highest BCUT2D eigenvalue weighted by molar-refractivity contribution is 9.10. The Morgan fingerprint density at radius 1 is 1.05 bits per heavy atom. The molecule has 3 N–H and O–H groups in total. The smallest absolute Gasteiger partial charge is 0.137 e. The van der Waals surface area contributed by atoms with Crippen molar-refractivity contribution in [3.05, 3.63) is 69.7 Å². The standard InChI is InChI=1S/C15H14BrF2NO/c16-13-7-10(3-6-14(13)18)15(20)12(8-19)9-1-4-11(17)5-2-9/h1-7,12,15,20H,8,19H2. The summed E-state index contributed by atoms with van der Waals surface area (Å²) in [4.78, 5) is 0. The van der Waals surface area contributed by atoms with Gasteiger partial charge in [0.2, 0.25) is 0 Å². The van der Waals surface area contributed by atoms with Gasteiger partial charge in [0.1, 0.15) is 11.6 Å². The van der Waals surface area contributed by atoms with Crippen LogP contribution in [0.4, 0.5) is 8.78 Å². The summed E-state index contributed by atoms with van der Waals surface area (Å²) in [6.45, 7) is 0.196. The number of nitrogens with two attached hydrogens (primary N) is 1. The number of aliphatic hydroxyl groups is 1. The van der Waals surface area contributed by atoms with Gasteiger partial charge in [0.25, 0.3) is 0 Å². The van der Waals surface area contributed by atoms with Gasteiger partial charge in [-0.1, -0.05) is 18.2 Å². The molecule has 0 spiro atoms. The Morgan fingerprint density at radius 3 is 2.20 bits per heavy atom. The highest BCUT2D eigenvalue weighted by Gasteiger charge is 2.22. The van der Waals surface area contributed by atoms with E-state index < -0.39 is 11.9 Å². The fourth-order valence-corrected chi connectivity index (χ4v) is 2.48. The van der Waals surface area contributed by atoms with Crippen molar-refractivity contribution in [3.63, 3.8) is 0 Å². The summed E-state index contributed by atoms with van der Waals surface area (Å²) in [7, 11) is 0. The highest BCUT2D eigenvalue weighted by atomic mass is 79.9. The van der Waals surface area contributed by atoms with Gasteiger partial charge < -0.3 is 10.8 Å². The van der Waals surface area contributed by atoms with Crippen LogP contribution in [0, 0.1) is 11.6 Å². The zero-order valence-corrected chi connectivity index (χ0v) is 12.1. The second-order valence-electron chi connectivity index (χ2n) is 4.51. The van der Waals surface area contributed by atoms with Gasteiger partial charge in [-0.15, -0.1) is 0 Å². The van der Waals surface area contributed by atoms with Gasteiger partial charge in [-0.25, -0.2) is 8.78 Å². The Kier molecular flexibility index (Phi) is 4.86. The predicted molar refractivity (Wildman–Crippen MR) is 77.3 cm³/mol. The average Bonchev–Trinajstić information content (AvgIpc) is 2.44. The minimum Gasteiger partial charge on any atom is -0.388 e. The molecule has 2 aromatic carbocycles. The molecule has 0 amide bonds. The van der Waals surface area contributed by atoms with Crippen LogP contribution < -0.4 is 5.73 Å². The lowest BCUT2D eigenvalue weighted by Crippen LogP contribution is -2.20. The van der Waals surface area contributed by atoms with Crippen LogP contribution in [0.3, 0.4) is 0 Å². The first-order valence-corrected chi connectivity index (χ1v) is 6.90. The lowest BCUT2D eigenvalue weighted by atomic mass is 9.89. The average molecular weight is 342 g/mol. The number of hydrogen-bond donors (Lipinski definition) is 2. The van der Waals surface area contributed by atoms with E-state index in [2.05, 4.69) is 15.9 Å². The summed E-state index contributed by atoms with van der Waals surface area (Å²) in [5.41, 5.74) is 7.00. The molecule has 0 aromatic heterocycles. The fraction of sp³-hybridized carbons (Fsp3) is 0.200. The molecule has 2 atom stereocenters. The molecule has 0 radical (unpaired) electrons. The van der Waals surface area contributed by atoms with Gasteiger partial charge in [0.05, 0.1) is 10.6 Å². The van der Waals surface area contributed by atoms with Gasteiger partial charge in [-0.3, -0.25) is 0 Å². The summed E-state index contributed by atoms with van der Waals surface area (Å²) < 4.78 is 26.4. The van der Waals surface area contributed by atoms with E-state index in [1.807, 2.05) is 0 Å². The monoisotopic (exact) mass is 341 g/mol. The molecule has 0 saturated carbocycles. The Hall–Kier alpha value is -1.30.